The lowest BCUT2D eigenvalue weighted by Crippen LogP contribution is -2.32. The maximum atomic E-state index is 12.5. The Balaban J connectivity index is 1.32. The lowest BCUT2D eigenvalue weighted by molar-refractivity contribution is 0.102. The first-order valence-electron chi connectivity index (χ1n) is 9.82. The number of anilines is 3. The fourth-order valence-corrected chi connectivity index (χ4v) is 3.56. The summed E-state index contributed by atoms with van der Waals surface area (Å²) in [5.41, 5.74) is 10.0. The molecular formula is C23H25N5O. The first kappa shape index (κ1) is 19.0. The second-order valence-corrected chi connectivity index (χ2v) is 7.26. The maximum Gasteiger partial charge on any atom is 0.255 e. The Morgan fingerprint density at radius 3 is 2.69 bits per heavy atom. The van der Waals surface area contributed by atoms with Gasteiger partial charge in [0.2, 0.25) is 0 Å². The van der Waals surface area contributed by atoms with Crippen molar-refractivity contribution >= 4 is 23.0 Å². The normalized spacial score (nSPS) is 16.0. The van der Waals surface area contributed by atoms with Crippen molar-refractivity contribution in [3.05, 3.63) is 84.2 Å². The van der Waals surface area contributed by atoms with Crippen LogP contribution >= 0.6 is 0 Å². The van der Waals surface area contributed by atoms with Gasteiger partial charge in [-0.05, 0) is 54.4 Å². The summed E-state index contributed by atoms with van der Waals surface area (Å²) in [6, 6.07) is 19.5. The number of aromatic nitrogens is 1. The summed E-state index contributed by atoms with van der Waals surface area (Å²) in [5, 5.41) is 6.46. The fourth-order valence-electron chi connectivity index (χ4n) is 3.56. The van der Waals surface area contributed by atoms with Gasteiger partial charge in [-0.2, -0.15) is 0 Å². The van der Waals surface area contributed by atoms with E-state index < -0.39 is 0 Å². The van der Waals surface area contributed by atoms with Crippen molar-refractivity contribution in [3.8, 4) is 0 Å². The first-order chi connectivity index (χ1) is 14.2. The van der Waals surface area contributed by atoms with Crippen LogP contribution in [-0.2, 0) is 6.54 Å². The number of carbonyl (C=O) groups excluding carboxylic acids is 1. The second-order valence-electron chi connectivity index (χ2n) is 7.26. The molecule has 0 unspecified atom stereocenters. The number of hydrogen-bond donors (Lipinski definition) is 3. The summed E-state index contributed by atoms with van der Waals surface area (Å²) in [4.78, 5) is 19.0. The molecule has 0 aliphatic carbocycles. The number of pyridine rings is 1. The predicted molar refractivity (Wildman–Crippen MR) is 117 cm³/mol. The Morgan fingerprint density at radius 2 is 1.93 bits per heavy atom. The molecule has 1 fully saturated rings. The van der Waals surface area contributed by atoms with Gasteiger partial charge in [0.1, 0.15) is 0 Å². The Labute approximate surface area is 170 Å². The van der Waals surface area contributed by atoms with Gasteiger partial charge in [-0.25, -0.2) is 0 Å². The van der Waals surface area contributed by atoms with Crippen LogP contribution < -0.4 is 21.3 Å². The van der Waals surface area contributed by atoms with E-state index >= 15 is 0 Å². The highest BCUT2D eigenvalue weighted by Gasteiger charge is 2.22. The summed E-state index contributed by atoms with van der Waals surface area (Å²) in [6.45, 7) is 2.78. The molecule has 1 aliphatic heterocycles. The van der Waals surface area contributed by atoms with Crippen LogP contribution in [-0.4, -0.2) is 30.0 Å². The van der Waals surface area contributed by atoms with Crippen LogP contribution in [0, 0.1) is 0 Å². The summed E-state index contributed by atoms with van der Waals surface area (Å²) in [6.07, 6.45) is 4.78. The van der Waals surface area contributed by atoms with Gasteiger partial charge in [-0.3, -0.25) is 9.78 Å². The van der Waals surface area contributed by atoms with Gasteiger partial charge in [-0.1, -0.05) is 18.2 Å². The molecule has 6 heteroatoms. The molecule has 0 saturated carbocycles. The van der Waals surface area contributed by atoms with E-state index in [1.54, 1.807) is 18.3 Å². The molecule has 2 heterocycles. The molecule has 0 radical (unpaired) electrons. The molecule has 0 spiro atoms. The van der Waals surface area contributed by atoms with E-state index in [2.05, 4.69) is 26.6 Å². The lowest BCUT2D eigenvalue weighted by Gasteiger charge is -2.19. The molecule has 3 aromatic rings. The molecule has 1 aromatic heterocycles. The number of nitrogens with one attached hydrogen (secondary N) is 2. The van der Waals surface area contributed by atoms with Crippen LogP contribution in [0.4, 0.5) is 17.1 Å². The summed E-state index contributed by atoms with van der Waals surface area (Å²) < 4.78 is 0. The first-order valence-corrected chi connectivity index (χ1v) is 9.82. The Bertz CT molecular complexity index is 959. The number of benzene rings is 2. The van der Waals surface area contributed by atoms with Crippen molar-refractivity contribution < 1.29 is 4.79 Å². The number of nitrogens with zero attached hydrogens (tertiary/aromatic N) is 2. The summed E-state index contributed by atoms with van der Waals surface area (Å²) >= 11 is 0. The summed E-state index contributed by atoms with van der Waals surface area (Å²) in [5.74, 6) is -0.160. The van der Waals surface area contributed by atoms with Crippen molar-refractivity contribution in [1.29, 1.82) is 0 Å². The van der Waals surface area contributed by atoms with Crippen molar-refractivity contribution in [3.63, 3.8) is 0 Å². The number of hydrogen-bond acceptors (Lipinski definition) is 5. The minimum Gasteiger partial charge on any atom is -0.397 e. The van der Waals surface area contributed by atoms with Gasteiger partial charge in [0, 0.05) is 49.3 Å². The van der Waals surface area contributed by atoms with Gasteiger partial charge >= 0.3 is 0 Å². The van der Waals surface area contributed by atoms with E-state index in [0.717, 1.165) is 31.7 Å². The molecule has 148 valence electrons. The van der Waals surface area contributed by atoms with Gasteiger partial charge in [0.05, 0.1) is 11.4 Å². The Hall–Kier alpha value is -3.38. The predicted octanol–water partition coefficient (Wildman–Crippen LogP) is 3.28. The minimum absolute atomic E-state index is 0.160. The molecule has 1 saturated heterocycles. The largest absolute Gasteiger partial charge is 0.397 e. The highest BCUT2D eigenvalue weighted by molar-refractivity contribution is 6.05. The van der Waals surface area contributed by atoms with E-state index in [1.807, 2.05) is 48.7 Å². The van der Waals surface area contributed by atoms with E-state index in [1.165, 1.54) is 5.56 Å². The Morgan fingerprint density at radius 1 is 1.10 bits per heavy atom. The van der Waals surface area contributed by atoms with Crippen LogP contribution in [0.1, 0.15) is 22.3 Å². The molecule has 2 aromatic carbocycles. The zero-order valence-corrected chi connectivity index (χ0v) is 16.2. The molecule has 29 heavy (non-hydrogen) atoms. The highest BCUT2D eigenvalue weighted by atomic mass is 16.1. The van der Waals surface area contributed by atoms with E-state index in [9.17, 15) is 4.79 Å². The maximum absolute atomic E-state index is 12.5. The zero-order valence-electron chi connectivity index (χ0n) is 16.2. The fraction of sp³-hybridized carbons (Fsp3) is 0.217. The third kappa shape index (κ3) is 4.73. The molecule has 6 nitrogen and oxygen atoms in total. The second kappa shape index (κ2) is 8.75. The number of rotatable bonds is 6. The van der Waals surface area contributed by atoms with Crippen LogP contribution in [0.25, 0.3) is 0 Å². The van der Waals surface area contributed by atoms with Crippen LogP contribution in [0.2, 0.25) is 0 Å². The standard InChI is InChI=1S/C23H25N5O/c24-21-5-1-2-6-22(21)27-23(29)18-7-9-20(10-8-18)28-13-11-19(16-28)26-15-17-4-3-12-25-14-17/h1-10,12,14,19,26H,11,13,15-16,24H2,(H,27,29)/t19-/m0/s1. The molecule has 4 N–H and O–H groups in total. The van der Waals surface area contributed by atoms with Crippen molar-refractivity contribution in [2.45, 2.75) is 19.0 Å². The minimum atomic E-state index is -0.160. The lowest BCUT2D eigenvalue weighted by atomic mass is 10.1. The van der Waals surface area contributed by atoms with Gasteiger partial charge in [0.15, 0.2) is 0 Å². The molecule has 4 rings (SSSR count). The number of nitrogen functional groups attached to an aromatic ring is 1. The van der Waals surface area contributed by atoms with Crippen molar-refractivity contribution in [2.75, 3.05) is 29.0 Å². The van der Waals surface area contributed by atoms with E-state index in [-0.39, 0.29) is 5.91 Å². The molecule has 1 atom stereocenters. The van der Waals surface area contributed by atoms with Crippen molar-refractivity contribution in [2.24, 2.45) is 0 Å². The number of nitrogens with two attached hydrogens (primary N) is 1. The van der Waals surface area contributed by atoms with Gasteiger partial charge in [-0.15, -0.1) is 0 Å². The molecule has 1 aliphatic rings. The molecule has 0 bridgehead atoms. The average Bonchev–Trinajstić information content (AvgIpc) is 3.24. The number of para-hydroxylation sites is 2. The monoisotopic (exact) mass is 387 g/mol. The van der Waals surface area contributed by atoms with Gasteiger partial charge in [0.25, 0.3) is 5.91 Å². The van der Waals surface area contributed by atoms with E-state index in [4.69, 9.17) is 5.73 Å². The third-order valence-electron chi connectivity index (χ3n) is 5.21. The van der Waals surface area contributed by atoms with Crippen molar-refractivity contribution in [1.82, 2.24) is 10.3 Å². The topological polar surface area (TPSA) is 83.3 Å². The number of carbonyl (C=O) groups is 1. The Kier molecular flexibility index (Phi) is 5.72. The van der Waals surface area contributed by atoms with Crippen LogP contribution in [0.5, 0.6) is 0 Å². The smallest absolute Gasteiger partial charge is 0.255 e. The highest BCUT2D eigenvalue weighted by Crippen LogP contribution is 2.22. The molecule has 1 amide bonds. The average molecular weight is 387 g/mol. The van der Waals surface area contributed by atoms with Crippen LogP contribution in [0.3, 0.4) is 0 Å². The van der Waals surface area contributed by atoms with Gasteiger partial charge < -0.3 is 21.3 Å². The quantitative estimate of drug-likeness (QED) is 0.566. The van der Waals surface area contributed by atoms with E-state index in [0.29, 0.717) is 23.0 Å². The SMILES string of the molecule is Nc1ccccc1NC(=O)c1ccc(N2CC[C@H](NCc3cccnc3)C2)cc1. The zero-order chi connectivity index (χ0) is 20.1. The summed E-state index contributed by atoms with van der Waals surface area (Å²) in [7, 11) is 0. The van der Waals surface area contributed by atoms with Crippen LogP contribution in [0.15, 0.2) is 73.1 Å². The number of amides is 1. The third-order valence-corrected chi connectivity index (χ3v) is 5.21. The molecular weight excluding hydrogens is 362 g/mol.